The smallest absolute Gasteiger partial charge is 0.413 e. The number of ether oxygens (including phenoxy) is 1. The van der Waals surface area contributed by atoms with Crippen LogP contribution in [0.3, 0.4) is 0 Å². The van der Waals surface area contributed by atoms with E-state index in [-0.39, 0.29) is 6.54 Å². The molecule has 1 N–H and O–H groups in total. The molecule has 0 bridgehead atoms. The van der Waals surface area contributed by atoms with Crippen LogP contribution >= 0.6 is 0 Å². The Kier molecular flexibility index (Phi) is 4.46. The summed E-state index contributed by atoms with van der Waals surface area (Å²) in [5.74, 6) is 0.761. The summed E-state index contributed by atoms with van der Waals surface area (Å²) in [5.41, 5.74) is 3.14. The summed E-state index contributed by atoms with van der Waals surface area (Å²) in [6.45, 7) is -1.10. The first-order valence-corrected chi connectivity index (χ1v) is 5.96. The second kappa shape index (κ2) is 6.11. The topological polar surface area (TPSA) is 30.5 Å². The van der Waals surface area contributed by atoms with Crippen LogP contribution < -0.4 is 10.2 Å². The molecule has 0 heterocycles. The number of fused-ring (bicyclic) bond motifs is 1. The first kappa shape index (κ1) is 14.6. The largest absolute Gasteiger partial charge is 0.497 e. The molecule has 0 radical (unpaired) electrons. The lowest BCUT2D eigenvalue weighted by molar-refractivity contribution is -0.190. The minimum absolute atomic E-state index is 0.206. The Balaban J connectivity index is 1.98. The van der Waals surface area contributed by atoms with Gasteiger partial charge in [-0.3, -0.25) is 4.84 Å². The van der Waals surface area contributed by atoms with Gasteiger partial charge in [0.25, 0.3) is 0 Å². The van der Waals surface area contributed by atoms with Gasteiger partial charge in [-0.25, -0.2) is 0 Å². The Morgan fingerprint density at radius 3 is 2.45 bits per heavy atom. The molecule has 2 aromatic carbocycles. The molecule has 0 spiro atoms. The van der Waals surface area contributed by atoms with Crippen molar-refractivity contribution in [1.29, 1.82) is 0 Å². The summed E-state index contributed by atoms with van der Waals surface area (Å²) in [6.07, 6.45) is -4.33. The van der Waals surface area contributed by atoms with Crippen molar-refractivity contribution < 1.29 is 22.7 Å². The van der Waals surface area contributed by atoms with Crippen molar-refractivity contribution in [1.82, 2.24) is 5.48 Å². The number of halogens is 3. The van der Waals surface area contributed by atoms with Gasteiger partial charge < -0.3 is 4.74 Å². The number of benzene rings is 2. The standard InChI is InChI=1S/C14H14F3NO2/c1-19-13-5-4-11-6-10(2-3-12(11)7-13)8-18-20-9-14(15,16)17/h2-7,18H,8-9H2,1H3. The molecule has 2 rings (SSSR count). The molecule has 0 saturated carbocycles. The van der Waals surface area contributed by atoms with Gasteiger partial charge in [-0.15, -0.1) is 0 Å². The Morgan fingerprint density at radius 1 is 1.05 bits per heavy atom. The van der Waals surface area contributed by atoms with Gasteiger partial charge in [-0.1, -0.05) is 18.2 Å². The number of hydroxylamine groups is 1. The Labute approximate surface area is 114 Å². The molecule has 108 valence electrons. The van der Waals surface area contributed by atoms with Crippen LogP contribution in [0.1, 0.15) is 5.56 Å². The molecule has 0 atom stereocenters. The first-order valence-electron chi connectivity index (χ1n) is 5.96. The zero-order valence-electron chi connectivity index (χ0n) is 10.8. The molecule has 0 saturated heterocycles. The highest BCUT2D eigenvalue weighted by Crippen LogP contribution is 2.22. The molecule has 0 amide bonds. The predicted octanol–water partition coefficient (Wildman–Crippen LogP) is 3.43. The van der Waals surface area contributed by atoms with Gasteiger partial charge in [0.2, 0.25) is 0 Å². The van der Waals surface area contributed by atoms with Gasteiger partial charge in [0.15, 0.2) is 6.61 Å². The zero-order valence-corrected chi connectivity index (χ0v) is 10.8. The fraction of sp³-hybridized carbons (Fsp3) is 0.286. The normalized spacial score (nSPS) is 11.8. The first-order chi connectivity index (χ1) is 9.48. The van der Waals surface area contributed by atoms with Crippen LogP contribution in [0.4, 0.5) is 13.2 Å². The molecule has 20 heavy (non-hydrogen) atoms. The van der Waals surface area contributed by atoms with Crippen molar-refractivity contribution in [2.45, 2.75) is 12.7 Å². The number of nitrogens with one attached hydrogen (secondary N) is 1. The molecule has 0 fully saturated rings. The minimum Gasteiger partial charge on any atom is -0.497 e. The molecule has 0 unspecified atom stereocenters. The van der Waals surface area contributed by atoms with Crippen LogP contribution in [0.5, 0.6) is 5.75 Å². The van der Waals surface area contributed by atoms with E-state index in [1.165, 1.54) is 0 Å². The lowest BCUT2D eigenvalue weighted by atomic mass is 10.1. The van der Waals surface area contributed by atoms with Crippen molar-refractivity contribution in [3.8, 4) is 5.75 Å². The second-order valence-electron chi connectivity index (χ2n) is 4.27. The van der Waals surface area contributed by atoms with Crippen LogP contribution in [0, 0.1) is 0 Å². The van der Waals surface area contributed by atoms with Crippen LogP contribution in [0.25, 0.3) is 10.8 Å². The van der Waals surface area contributed by atoms with Gasteiger partial charge >= 0.3 is 6.18 Å². The second-order valence-corrected chi connectivity index (χ2v) is 4.27. The average molecular weight is 285 g/mol. The van der Waals surface area contributed by atoms with E-state index in [0.29, 0.717) is 0 Å². The van der Waals surface area contributed by atoms with Crippen LogP contribution in [0.2, 0.25) is 0 Å². The maximum absolute atomic E-state index is 11.9. The number of rotatable bonds is 5. The fourth-order valence-corrected chi connectivity index (χ4v) is 1.78. The van der Waals surface area contributed by atoms with Gasteiger partial charge in [-0.05, 0) is 34.5 Å². The lowest BCUT2D eigenvalue weighted by Gasteiger charge is -2.09. The molecule has 3 nitrogen and oxygen atoms in total. The number of alkyl halides is 3. The summed E-state index contributed by atoms with van der Waals surface area (Å²) in [4.78, 5) is 4.36. The molecular weight excluding hydrogens is 271 g/mol. The monoisotopic (exact) mass is 285 g/mol. The third-order valence-electron chi connectivity index (χ3n) is 2.73. The van der Waals surface area contributed by atoms with Crippen LogP contribution in [0.15, 0.2) is 36.4 Å². The number of hydrogen-bond donors (Lipinski definition) is 1. The predicted molar refractivity (Wildman–Crippen MR) is 69.3 cm³/mol. The molecule has 0 aliphatic rings. The average Bonchev–Trinajstić information content (AvgIpc) is 2.42. The van der Waals surface area contributed by atoms with E-state index < -0.39 is 12.8 Å². The highest BCUT2D eigenvalue weighted by atomic mass is 19.4. The molecule has 0 aromatic heterocycles. The van der Waals surface area contributed by atoms with E-state index in [1.54, 1.807) is 7.11 Å². The van der Waals surface area contributed by atoms with Crippen molar-refractivity contribution in [3.05, 3.63) is 42.0 Å². The molecular formula is C14H14F3NO2. The van der Waals surface area contributed by atoms with Crippen molar-refractivity contribution >= 4 is 10.8 Å². The molecule has 0 aliphatic carbocycles. The minimum atomic E-state index is -4.33. The van der Waals surface area contributed by atoms with E-state index in [0.717, 1.165) is 22.1 Å². The Bertz CT molecular complexity index is 584. The summed E-state index contributed by atoms with van der Waals surface area (Å²) in [6, 6.07) is 11.2. The third-order valence-corrected chi connectivity index (χ3v) is 2.73. The highest BCUT2D eigenvalue weighted by molar-refractivity contribution is 5.84. The summed E-state index contributed by atoms with van der Waals surface area (Å²) < 4.78 is 40.8. The number of hydrogen-bond acceptors (Lipinski definition) is 3. The van der Waals surface area contributed by atoms with Gasteiger partial charge in [-0.2, -0.15) is 18.7 Å². The Hall–Kier alpha value is -1.79. The molecule has 2 aromatic rings. The van der Waals surface area contributed by atoms with Crippen molar-refractivity contribution in [2.24, 2.45) is 0 Å². The van der Waals surface area contributed by atoms with Gasteiger partial charge in [0, 0.05) is 6.54 Å². The molecule has 6 heteroatoms. The van der Waals surface area contributed by atoms with Crippen molar-refractivity contribution in [3.63, 3.8) is 0 Å². The maximum Gasteiger partial charge on any atom is 0.413 e. The van der Waals surface area contributed by atoms with Gasteiger partial charge in [0.05, 0.1) is 7.11 Å². The quantitative estimate of drug-likeness (QED) is 0.674. The maximum atomic E-state index is 11.9. The highest BCUT2D eigenvalue weighted by Gasteiger charge is 2.27. The summed E-state index contributed by atoms with van der Waals surface area (Å²) in [7, 11) is 1.59. The SMILES string of the molecule is COc1ccc2cc(CNOCC(F)(F)F)ccc2c1. The van der Waals surface area contributed by atoms with Crippen molar-refractivity contribution in [2.75, 3.05) is 13.7 Å². The van der Waals surface area contributed by atoms with Gasteiger partial charge in [0.1, 0.15) is 5.75 Å². The van der Waals surface area contributed by atoms with Crippen LogP contribution in [-0.4, -0.2) is 19.9 Å². The fourth-order valence-electron chi connectivity index (χ4n) is 1.78. The Morgan fingerprint density at radius 2 is 1.75 bits per heavy atom. The lowest BCUT2D eigenvalue weighted by Crippen LogP contribution is -2.24. The third kappa shape index (κ3) is 4.11. The summed E-state index contributed by atoms with van der Waals surface area (Å²) in [5, 5.41) is 1.99. The van der Waals surface area contributed by atoms with E-state index in [9.17, 15) is 13.2 Å². The number of methoxy groups -OCH3 is 1. The summed E-state index contributed by atoms with van der Waals surface area (Å²) >= 11 is 0. The van der Waals surface area contributed by atoms with Crippen LogP contribution in [-0.2, 0) is 11.4 Å². The van der Waals surface area contributed by atoms with E-state index >= 15 is 0 Å². The zero-order chi connectivity index (χ0) is 14.6. The van der Waals surface area contributed by atoms with E-state index in [2.05, 4.69) is 10.3 Å². The van der Waals surface area contributed by atoms with E-state index in [4.69, 9.17) is 4.74 Å². The van der Waals surface area contributed by atoms with E-state index in [1.807, 2.05) is 36.4 Å². The molecule has 0 aliphatic heterocycles.